The molecule has 21 heavy (non-hydrogen) atoms. The van der Waals surface area contributed by atoms with Crippen LogP contribution in [0.5, 0.6) is 0 Å². The molecule has 1 heterocycles. The molecule has 114 valence electrons. The number of rotatable bonds is 6. The van der Waals surface area contributed by atoms with E-state index in [1.54, 1.807) is 0 Å². The number of nitrogens with one attached hydrogen (secondary N) is 1. The van der Waals surface area contributed by atoms with E-state index in [0.29, 0.717) is 24.9 Å². The summed E-state index contributed by atoms with van der Waals surface area (Å²) in [6.07, 6.45) is 6.33. The fourth-order valence-corrected chi connectivity index (χ4v) is 3.15. The van der Waals surface area contributed by atoms with Crippen LogP contribution in [0.15, 0.2) is 30.3 Å². The van der Waals surface area contributed by atoms with Crippen molar-refractivity contribution < 1.29 is 9.59 Å². The van der Waals surface area contributed by atoms with Gasteiger partial charge in [-0.3, -0.25) is 9.59 Å². The average Bonchev–Trinajstić information content (AvgIpc) is 2.71. The van der Waals surface area contributed by atoms with Crippen LogP contribution in [0, 0.1) is 5.41 Å². The molecule has 1 amide bonds. The molecule has 0 spiro atoms. The summed E-state index contributed by atoms with van der Waals surface area (Å²) >= 11 is 0. The molecule has 1 aliphatic heterocycles. The second-order valence-corrected chi connectivity index (χ2v) is 5.95. The number of amides is 1. The Hall–Kier alpha value is -1.64. The Kier molecular flexibility index (Phi) is 5.54. The number of Topliss-reactive ketones (excluding diaryl/α,β-unsaturated/α-hetero) is 1. The zero-order valence-electron chi connectivity index (χ0n) is 12.9. The van der Waals surface area contributed by atoms with Crippen molar-refractivity contribution in [2.24, 2.45) is 5.41 Å². The summed E-state index contributed by atoms with van der Waals surface area (Å²) < 4.78 is 0. The van der Waals surface area contributed by atoms with E-state index >= 15 is 0 Å². The molecule has 0 radical (unpaired) electrons. The van der Waals surface area contributed by atoms with Gasteiger partial charge in [0.25, 0.3) is 0 Å². The smallest absolute Gasteiger partial charge is 0.234 e. The number of hydrogen-bond acceptors (Lipinski definition) is 2. The summed E-state index contributed by atoms with van der Waals surface area (Å²) in [5, 5.41) is 2.95. The monoisotopic (exact) mass is 287 g/mol. The third-order valence-electron chi connectivity index (χ3n) is 4.43. The maximum absolute atomic E-state index is 13.0. The predicted octanol–water partition coefficient (Wildman–Crippen LogP) is 3.74. The van der Waals surface area contributed by atoms with Crippen molar-refractivity contribution in [3.8, 4) is 0 Å². The number of carbonyl (C=O) groups is 2. The van der Waals surface area contributed by atoms with Gasteiger partial charge in [-0.15, -0.1) is 0 Å². The first-order valence-electron chi connectivity index (χ1n) is 8.09. The van der Waals surface area contributed by atoms with E-state index in [1.165, 1.54) is 0 Å². The van der Waals surface area contributed by atoms with Gasteiger partial charge in [-0.1, -0.05) is 62.9 Å². The molecular formula is C18H25NO2. The molecule has 1 fully saturated rings. The minimum Gasteiger partial charge on any atom is -0.355 e. The van der Waals surface area contributed by atoms with Crippen LogP contribution < -0.4 is 5.32 Å². The van der Waals surface area contributed by atoms with Crippen molar-refractivity contribution in [2.75, 3.05) is 6.54 Å². The van der Waals surface area contributed by atoms with Gasteiger partial charge >= 0.3 is 0 Å². The molecule has 1 atom stereocenters. The highest BCUT2D eigenvalue weighted by molar-refractivity contribution is 6.14. The van der Waals surface area contributed by atoms with Crippen LogP contribution in [0.25, 0.3) is 0 Å². The van der Waals surface area contributed by atoms with Crippen molar-refractivity contribution in [3.63, 3.8) is 0 Å². The minimum absolute atomic E-state index is 0.00129. The van der Waals surface area contributed by atoms with E-state index in [-0.39, 0.29) is 11.7 Å². The van der Waals surface area contributed by atoms with Gasteiger partial charge in [-0.2, -0.15) is 0 Å². The fraction of sp³-hybridized carbons (Fsp3) is 0.556. The quantitative estimate of drug-likeness (QED) is 0.492. The first-order chi connectivity index (χ1) is 10.2. The lowest BCUT2D eigenvalue weighted by Gasteiger charge is -2.29. The maximum Gasteiger partial charge on any atom is 0.234 e. The van der Waals surface area contributed by atoms with Crippen molar-refractivity contribution in [2.45, 2.75) is 51.9 Å². The Morgan fingerprint density at radius 2 is 1.95 bits per heavy atom. The Balaban J connectivity index is 2.29. The summed E-state index contributed by atoms with van der Waals surface area (Å²) in [6.45, 7) is 2.83. The van der Waals surface area contributed by atoms with Crippen LogP contribution in [-0.4, -0.2) is 18.2 Å². The molecule has 0 saturated carbocycles. The molecule has 1 aromatic carbocycles. The number of unbranched alkanes of at least 4 members (excludes halogenated alkanes) is 2. The van der Waals surface area contributed by atoms with Gasteiger partial charge < -0.3 is 5.32 Å². The Labute approximate surface area is 127 Å². The topological polar surface area (TPSA) is 46.2 Å². The molecule has 2 rings (SSSR count). The number of carbonyl (C=O) groups excluding carboxylic acids is 2. The lowest BCUT2D eigenvalue weighted by atomic mass is 9.72. The van der Waals surface area contributed by atoms with Gasteiger partial charge in [-0.05, 0) is 19.3 Å². The average molecular weight is 287 g/mol. The van der Waals surface area contributed by atoms with Crippen molar-refractivity contribution in [1.82, 2.24) is 5.32 Å². The van der Waals surface area contributed by atoms with Crippen molar-refractivity contribution in [1.29, 1.82) is 0 Å². The molecule has 0 aromatic heterocycles. The summed E-state index contributed by atoms with van der Waals surface area (Å²) in [5.41, 5.74) is -0.196. The number of benzene rings is 1. The van der Waals surface area contributed by atoms with Crippen LogP contribution in [0.4, 0.5) is 0 Å². The molecule has 1 unspecified atom stereocenters. The van der Waals surface area contributed by atoms with Crippen LogP contribution >= 0.6 is 0 Å². The predicted molar refractivity (Wildman–Crippen MR) is 84.2 cm³/mol. The minimum atomic E-state index is -0.854. The molecular weight excluding hydrogens is 262 g/mol. The Morgan fingerprint density at radius 3 is 2.67 bits per heavy atom. The van der Waals surface area contributed by atoms with E-state index in [9.17, 15) is 9.59 Å². The highest BCUT2D eigenvalue weighted by Crippen LogP contribution is 2.36. The summed E-state index contributed by atoms with van der Waals surface area (Å²) in [5.74, 6) is -0.0661. The lowest BCUT2D eigenvalue weighted by Crippen LogP contribution is -2.45. The second-order valence-electron chi connectivity index (χ2n) is 5.95. The van der Waals surface area contributed by atoms with E-state index in [4.69, 9.17) is 0 Å². The van der Waals surface area contributed by atoms with E-state index < -0.39 is 5.41 Å². The second kappa shape index (κ2) is 7.39. The lowest BCUT2D eigenvalue weighted by molar-refractivity contribution is -0.128. The van der Waals surface area contributed by atoms with Crippen LogP contribution in [0.1, 0.15) is 62.2 Å². The molecule has 1 N–H and O–H groups in total. The number of ketones is 1. The van der Waals surface area contributed by atoms with Crippen LogP contribution in [-0.2, 0) is 4.79 Å². The van der Waals surface area contributed by atoms with Gasteiger partial charge in [0.1, 0.15) is 5.41 Å². The van der Waals surface area contributed by atoms with Crippen molar-refractivity contribution in [3.05, 3.63) is 35.9 Å². The van der Waals surface area contributed by atoms with Gasteiger partial charge in [0.15, 0.2) is 5.78 Å². The third-order valence-corrected chi connectivity index (χ3v) is 4.43. The first kappa shape index (κ1) is 15.7. The fourth-order valence-electron chi connectivity index (χ4n) is 3.15. The summed E-state index contributed by atoms with van der Waals surface area (Å²) in [7, 11) is 0. The third kappa shape index (κ3) is 3.52. The molecule has 1 aliphatic rings. The molecule has 1 saturated heterocycles. The largest absolute Gasteiger partial charge is 0.355 e. The standard InChI is InChI=1S/C18H25NO2/c1-2-3-7-12-18(13-8-9-14-19-17(18)21)16(20)15-10-5-4-6-11-15/h4-6,10-11H,2-3,7-9,12-14H2,1H3,(H,19,21). The molecule has 3 nitrogen and oxygen atoms in total. The Morgan fingerprint density at radius 1 is 1.19 bits per heavy atom. The number of hydrogen-bond donors (Lipinski definition) is 1. The van der Waals surface area contributed by atoms with Crippen LogP contribution in [0.2, 0.25) is 0 Å². The van der Waals surface area contributed by atoms with E-state index in [2.05, 4.69) is 12.2 Å². The molecule has 0 bridgehead atoms. The Bertz CT molecular complexity index is 483. The highest BCUT2D eigenvalue weighted by Gasteiger charge is 2.45. The SMILES string of the molecule is CCCCCC1(C(=O)c2ccccc2)CCCCNC1=O. The zero-order valence-corrected chi connectivity index (χ0v) is 12.9. The molecule has 0 aliphatic carbocycles. The van der Waals surface area contributed by atoms with E-state index in [1.807, 2.05) is 30.3 Å². The van der Waals surface area contributed by atoms with Gasteiger partial charge in [-0.25, -0.2) is 0 Å². The van der Waals surface area contributed by atoms with Crippen molar-refractivity contribution >= 4 is 11.7 Å². The zero-order chi connectivity index (χ0) is 15.1. The molecule has 3 heteroatoms. The van der Waals surface area contributed by atoms with Gasteiger partial charge in [0.2, 0.25) is 5.91 Å². The van der Waals surface area contributed by atoms with Gasteiger partial charge in [0, 0.05) is 12.1 Å². The first-order valence-corrected chi connectivity index (χ1v) is 8.09. The maximum atomic E-state index is 13.0. The summed E-state index contributed by atoms with van der Waals surface area (Å²) in [6, 6.07) is 9.26. The van der Waals surface area contributed by atoms with Crippen LogP contribution in [0.3, 0.4) is 0 Å². The molecule has 1 aromatic rings. The summed E-state index contributed by atoms with van der Waals surface area (Å²) in [4.78, 5) is 25.6. The van der Waals surface area contributed by atoms with Gasteiger partial charge in [0.05, 0.1) is 0 Å². The van der Waals surface area contributed by atoms with E-state index in [0.717, 1.165) is 32.1 Å². The highest BCUT2D eigenvalue weighted by atomic mass is 16.2. The normalized spacial score (nSPS) is 22.4.